The quantitative estimate of drug-likeness (QED) is 0.213. The number of hydrogen-bond acceptors (Lipinski definition) is 1. The van der Waals surface area contributed by atoms with Crippen molar-refractivity contribution in [3.8, 4) is 0 Å². The molecular weight excluding hydrogens is 308 g/mol. The average Bonchev–Trinajstić information content (AvgIpc) is 2.60. The zero-order chi connectivity index (χ0) is 17.3. The molecule has 0 radical (unpaired) electrons. The Morgan fingerprint density at radius 2 is 1.00 bits per heavy atom. The molecule has 0 amide bonds. The molecule has 0 aliphatic heterocycles. The Morgan fingerprint density at radius 3 is 1.46 bits per heavy atom. The first-order valence-corrected chi connectivity index (χ1v) is 11.5. The van der Waals surface area contributed by atoms with Crippen LogP contribution >= 0.6 is 11.8 Å². The Labute approximate surface area is 156 Å². The van der Waals surface area contributed by atoms with Gasteiger partial charge in [-0.05, 0) is 31.2 Å². The second kappa shape index (κ2) is 16.1. The van der Waals surface area contributed by atoms with Crippen LogP contribution in [0.25, 0.3) is 0 Å². The lowest BCUT2D eigenvalue weighted by atomic mass is 10.0. The molecule has 0 heterocycles. The molecule has 0 fully saturated rings. The number of unbranched alkanes of at least 4 members (excludes halogenated alkanes) is 13. The van der Waals surface area contributed by atoms with Gasteiger partial charge in [-0.15, -0.1) is 11.8 Å². The first-order valence-electron chi connectivity index (χ1n) is 10.5. The second-order valence-electron chi connectivity index (χ2n) is 7.26. The summed E-state index contributed by atoms with van der Waals surface area (Å²) in [5.41, 5.74) is 1.36. The summed E-state index contributed by atoms with van der Waals surface area (Å²) in [5.74, 6) is 1.28. The smallest absolute Gasteiger partial charge is 0.00721 e. The van der Waals surface area contributed by atoms with Crippen LogP contribution < -0.4 is 0 Å². The fraction of sp³-hybridized carbons (Fsp3) is 0.739. The Hall–Kier alpha value is -0.430. The molecule has 0 nitrogen and oxygen atoms in total. The van der Waals surface area contributed by atoms with Gasteiger partial charge in [0.25, 0.3) is 0 Å². The van der Waals surface area contributed by atoms with Crippen molar-refractivity contribution < 1.29 is 0 Å². The molecule has 0 aromatic heterocycles. The summed E-state index contributed by atoms with van der Waals surface area (Å²) in [4.78, 5) is 1.43. The number of benzene rings is 1. The van der Waals surface area contributed by atoms with Crippen molar-refractivity contribution >= 4 is 11.8 Å². The molecule has 0 atom stereocenters. The zero-order valence-corrected chi connectivity index (χ0v) is 17.1. The van der Waals surface area contributed by atoms with Crippen molar-refractivity contribution in [2.75, 3.05) is 5.75 Å². The Balaban J connectivity index is 1.75. The number of aryl methyl sites for hydroxylation is 1. The van der Waals surface area contributed by atoms with E-state index in [0.29, 0.717) is 0 Å². The Kier molecular flexibility index (Phi) is 14.5. The van der Waals surface area contributed by atoms with Crippen molar-refractivity contribution in [1.82, 2.24) is 0 Å². The fourth-order valence-electron chi connectivity index (χ4n) is 3.12. The molecule has 138 valence electrons. The summed E-state index contributed by atoms with van der Waals surface area (Å²) in [6, 6.07) is 8.94. The second-order valence-corrected chi connectivity index (χ2v) is 8.43. The van der Waals surface area contributed by atoms with Crippen molar-refractivity contribution in [3.63, 3.8) is 0 Å². The maximum Gasteiger partial charge on any atom is 0.00721 e. The third-order valence-corrected chi connectivity index (χ3v) is 5.89. The van der Waals surface area contributed by atoms with Crippen LogP contribution in [-0.2, 0) is 0 Å². The van der Waals surface area contributed by atoms with Crippen molar-refractivity contribution in [3.05, 3.63) is 29.8 Å². The van der Waals surface area contributed by atoms with Gasteiger partial charge in [0.15, 0.2) is 0 Å². The fourth-order valence-corrected chi connectivity index (χ4v) is 4.03. The lowest BCUT2D eigenvalue weighted by molar-refractivity contribution is 0.538. The van der Waals surface area contributed by atoms with Crippen LogP contribution in [0.15, 0.2) is 29.2 Å². The summed E-state index contributed by atoms with van der Waals surface area (Å²) in [5, 5.41) is 0. The molecule has 1 aromatic rings. The van der Waals surface area contributed by atoms with Crippen LogP contribution in [0.2, 0.25) is 0 Å². The van der Waals surface area contributed by atoms with E-state index in [1.165, 1.54) is 106 Å². The van der Waals surface area contributed by atoms with E-state index in [2.05, 4.69) is 38.1 Å². The van der Waals surface area contributed by atoms with Crippen LogP contribution in [-0.4, -0.2) is 5.75 Å². The molecule has 0 spiro atoms. The van der Waals surface area contributed by atoms with E-state index in [4.69, 9.17) is 0 Å². The Morgan fingerprint density at radius 1 is 0.583 bits per heavy atom. The summed E-state index contributed by atoms with van der Waals surface area (Å²) >= 11 is 2.01. The van der Waals surface area contributed by atoms with E-state index in [0.717, 1.165) is 0 Å². The van der Waals surface area contributed by atoms with Crippen molar-refractivity contribution in [1.29, 1.82) is 0 Å². The van der Waals surface area contributed by atoms with Gasteiger partial charge in [0.1, 0.15) is 0 Å². The van der Waals surface area contributed by atoms with Crippen molar-refractivity contribution in [2.24, 2.45) is 0 Å². The first-order chi connectivity index (χ1) is 11.8. The van der Waals surface area contributed by atoms with E-state index in [-0.39, 0.29) is 0 Å². The van der Waals surface area contributed by atoms with E-state index in [1.807, 2.05) is 11.8 Å². The molecule has 24 heavy (non-hydrogen) atoms. The molecule has 1 aromatic carbocycles. The molecule has 0 saturated heterocycles. The molecule has 0 N–H and O–H groups in total. The molecule has 0 aliphatic carbocycles. The highest BCUT2D eigenvalue weighted by molar-refractivity contribution is 7.99. The minimum atomic E-state index is 1.28. The molecule has 0 aliphatic rings. The summed E-state index contributed by atoms with van der Waals surface area (Å²) in [6.45, 7) is 4.45. The van der Waals surface area contributed by atoms with E-state index >= 15 is 0 Å². The van der Waals surface area contributed by atoms with Gasteiger partial charge in [-0.1, -0.05) is 108 Å². The predicted molar refractivity (Wildman–Crippen MR) is 112 cm³/mol. The maximum absolute atomic E-state index is 2.29. The van der Waals surface area contributed by atoms with Crippen molar-refractivity contribution in [2.45, 2.75) is 109 Å². The third-order valence-electron chi connectivity index (χ3n) is 4.79. The van der Waals surface area contributed by atoms with Gasteiger partial charge >= 0.3 is 0 Å². The zero-order valence-electron chi connectivity index (χ0n) is 16.3. The molecule has 0 bridgehead atoms. The first kappa shape index (κ1) is 21.6. The number of rotatable bonds is 16. The monoisotopic (exact) mass is 348 g/mol. The van der Waals surface area contributed by atoms with Gasteiger partial charge in [-0.3, -0.25) is 0 Å². The Bertz CT molecular complexity index is 368. The minimum Gasteiger partial charge on any atom is -0.126 e. The third kappa shape index (κ3) is 12.9. The highest BCUT2D eigenvalue weighted by Gasteiger charge is 1.96. The van der Waals surface area contributed by atoms with Gasteiger partial charge in [0.2, 0.25) is 0 Å². The predicted octanol–water partition coefficient (Wildman–Crippen LogP) is 8.57. The van der Waals surface area contributed by atoms with E-state index in [1.54, 1.807) is 0 Å². The topological polar surface area (TPSA) is 0 Å². The average molecular weight is 349 g/mol. The molecule has 0 unspecified atom stereocenters. The minimum absolute atomic E-state index is 1.28. The van der Waals surface area contributed by atoms with Gasteiger partial charge in [0, 0.05) is 4.90 Å². The summed E-state index contributed by atoms with van der Waals surface area (Å²) < 4.78 is 0. The maximum atomic E-state index is 2.29. The lowest BCUT2D eigenvalue weighted by Gasteiger charge is -2.04. The number of thioether (sulfide) groups is 1. The van der Waals surface area contributed by atoms with Crippen LogP contribution in [0, 0.1) is 6.92 Å². The summed E-state index contributed by atoms with van der Waals surface area (Å²) in [7, 11) is 0. The molecule has 0 saturated carbocycles. The van der Waals surface area contributed by atoms with Crippen LogP contribution in [0.5, 0.6) is 0 Å². The lowest BCUT2D eigenvalue weighted by Crippen LogP contribution is -1.84. The van der Waals surface area contributed by atoms with Gasteiger partial charge in [0.05, 0.1) is 0 Å². The van der Waals surface area contributed by atoms with Gasteiger partial charge in [-0.25, -0.2) is 0 Å². The highest BCUT2D eigenvalue weighted by Crippen LogP contribution is 2.20. The van der Waals surface area contributed by atoms with Gasteiger partial charge < -0.3 is 0 Å². The van der Waals surface area contributed by atoms with Gasteiger partial charge in [-0.2, -0.15) is 0 Å². The molecule has 1 rings (SSSR count). The SMILES string of the molecule is CCCCCCCCCCCCCCCCSc1ccc(C)cc1. The van der Waals surface area contributed by atoms with Crippen LogP contribution in [0.3, 0.4) is 0 Å². The standard InChI is InChI=1S/C23H40S/c1-3-4-5-6-7-8-9-10-11-12-13-14-15-16-21-24-23-19-17-22(2)18-20-23/h17-20H,3-16,21H2,1-2H3. The summed E-state index contributed by atoms with van der Waals surface area (Å²) in [6.07, 6.45) is 20.2. The molecular formula is C23H40S. The normalized spacial score (nSPS) is 11.1. The van der Waals surface area contributed by atoms with Crippen LogP contribution in [0.1, 0.15) is 102 Å². The highest BCUT2D eigenvalue weighted by atomic mass is 32.2. The molecule has 1 heteroatoms. The van der Waals surface area contributed by atoms with E-state index in [9.17, 15) is 0 Å². The number of hydrogen-bond donors (Lipinski definition) is 0. The largest absolute Gasteiger partial charge is 0.126 e. The van der Waals surface area contributed by atoms with E-state index < -0.39 is 0 Å². The van der Waals surface area contributed by atoms with Crippen LogP contribution in [0.4, 0.5) is 0 Å².